The third kappa shape index (κ3) is 9.93. The standard InChI is InChI=1S/C21H35FO3/c1-4-7-8-9-10-11-12-16-20(18-14-13-15-19(22)17-18)25-21(23-5-2)24-6-3/h13-15,17,20-21H,4-12,16H2,1-3H3. The first-order valence-electron chi connectivity index (χ1n) is 9.85. The summed E-state index contributed by atoms with van der Waals surface area (Å²) >= 11 is 0. The molecule has 0 fully saturated rings. The van der Waals surface area contributed by atoms with Gasteiger partial charge in [0.15, 0.2) is 0 Å². The van der Waals surface area contributed by atoms with E-state index in [0.717, 1.165) is 18.4 Å². The predicted molar refractivity (Wildman–Crippen MR) is 99.9 cm³/mol. The van der Waals surface area contributed by atoms with Gasteiger partial charge in [-0.1, -0.05) is 64.0 Å². The van der Waals surface area contributed by atoms with Crippen LogP contribution >= 0.6 is 0 Å². The van der Waals surface area contributed by atoms with Crippen molar-refractivity contribution in [3.63, 3.8) is 0 Å². The van der Waals surface area contributed by atoms with Crippen molar-refractivity contribution >= 4 is 0 Å². The third-order valence-corrected chi connectivity index (χ3v) is 4.17. The number of halogens is 1. The van der Waals surface area contributed by atoms with Crippen LogP contribution < -0.4 is 0 Å². The zero-order valence-electron chi connectivity index (χ0n) is 16.1. The predicted octanol–water partition coefficient (Wildman–Crippen LogP) is 6.38. The Morgan fingerprint density at radius 2 is 1.52 bits per heavy atom. The molecule has 0 radical (unpaired) electrons. The quantitative estimate of drug-likeness (QED) is 0.270. The molecule has 1 rings (SSSR count). The highest BCUT2D eigenvalue weighted by atomic mass is 19.1. The molecule has 0 spiro atoms. The summed E-state index contributed by atoms with van der Waals surface area (Å²) in [5.41, 5.74) is 0.843. The van der Waals surface area contributed by atoms with Gasteiger partial charge in [0.05, 0.1) is 6.10 Å². The van der Waals surface area contributed by atoms with Crippen molar-refractivity contribution in [3.05, 3.63) is 35.6 Å². The van der Waals surface area contributed by atoms with Gasteiger partial charge in [-0.2, -0.15) is 0 Å². The van der Waals surface area contributed by atoms with E-state index in [1.165, 1.54) is 44.6 Å². The lowest BCUT2D eigenvalue weighted by Crippen LogP contribution is -2.24. The van der Waals surface area contributed by atoms with E-state index in [-0.39, 0.29) is 11.9 Å². The van der Waals surface area contributed by atoms with Gasteiger partial charge < -0.3 is 14.2 Å². The second-order valence-corrected chi connectivity index (χ2v) is 6.29. The molecule has 0 saturated heterocycles. The number of ether oxygens (including phenoxy) is 3. The second kappa shape index (κ2) is 14.2. The first-order valence-corrected chi connectivity index (χ1v) is 9.85. The maximum absolute atomic E-state index is 13.6. The molecular formula is C21H35FO3. The normalized spacial score (nSPS) is 12.7. The Bertz CT molecular complexity index is 433. The summed E-state index contributed by atoms with van der Waals surface area (Å²) in [6.45, 7) is 6.36. The zero-order valence-corrected chi connectivity index (χ0v) is 16.1. The van der Waals surface area contributed by atoms with E-state index in [4.69, 9.17) is 14.2 Å². The topological polar surface area (TPSA) is 27.7 Å². The minimum absolute atomic E-state index is 0.213. The van der Waals surface area contributed by atoms with Crippen LogP contribution in [-0.2, 0) is 14.2 Å². The smallest absolute Gasteiger partial charge is 0.272 e. The fraction of sp³-hybridized carbons (Fsp3) is 0.714. The Labute approximate surface area is 152 Å². The molecule has 1 unspecified atom stereocenters. The highest BCUT2D eigenvalue weighted by Gasteiger charge is 2.19. The van der Waals surface area contributed by atoms with E-state index in [1.807, 2.05) is 19.9 Å². The van der Waals surface area contributed by atoms with Gasteiger partial charge in [-0.3, -0.25) is 0 Å². The Morgan fingerprint density at radius 3 is 2.12 bits per heavy atom. The highest BCUT2D eigenvalue weighted by molar-refractivity contribution is 5.19. The fourth-order valence-corrected chi connectivity index (χ4v) is 2.84. The van der Waals surface area contributed by atoms with Crippen LogP contribution in [0.3, 0.4) is 0 Å². The molecule has 0 saturated carbocycles. The second-order valence-electron chi connectivity index (χ2n) is 6.29. The Hall–Kier alpha value is -0.970. The van der Waals surface area contributed by atoms with Crippen molar-refractivity contribution in [1.82, 2.24) is 0 Å². The summed E-state index contributed by atoms with van der Waals surface area (Å²) in [7, 11) is 0. The monoisotopic (exact) mass is 354 g/mol. The number of hydrogen-bond donors (Lipinski definition) is 0. The van der Waals surface area contributed by atoms with Crippen LogP contribution in [0, 0.1) is 5.82 Å². The lowest BCUT2D eigenvalue weighted by molar-refractivity contribution is -0.304. The van der Waals surface area contributed by atoms with E-state index in [9.17, 15) is 4.39 Å². The van der Waals surface area contributed by atoms with Gasteiger partial charge in [0.25, 0.3) is 6.48 Å². The number of unbranched alkanes of at least 4 members (excludes halogenated alkanes) is 6. The molecular weight excluding hydrogens is 319 g/mol. The van der Waals surface area contributed by atoms with Crippen molar-refractivity contribution in [3.8, 4) is 0 Å². The van der Waals surface area contributed by atoms with Gasteiger partial charge >= 0.3 is 0 Å². The summed E-state index contributed by atoms with van der Waals surface area (Å²) in [5, 5.41) is 0. The van der Waals surface area contributed by atoms with Crippen LogP contribution in [-0.4, -0.2) is 19.7 Å². The van der Waals surface area contributed by atoms with Crippen LogP contribution in [0.25, 0.3) is 0 Å². The summed E-state index contributed by atoms with van der Waals surface area (Å²) in [6.07, 6.45) is 9.30. The van der Waals surface area contributed by atoms with Crippen molar-refractivity contribution in [1.29, 1.82) is 0 Å². The maximum Gasteiger partial charge on any atom is 0.272 e. The van der Waals surface area contributed by atoms with E-state index < -0.39 is 6.48 Å². The molecule has 0 bridgehead atoms. The molecule has 0 aliphatic rings. The summed E-state index contributed by atoms with van der Waals surface area (Å²) < 4.78 is 30.6. The first-order chi connectivity index (χ1) is 12.2. The molecule has 0 aliphatic carbocycles. The third-order valence-electron chi connectivity index (χ3n) is 4.17. The van der Waals surface area contributed by atoms with Crippen LogP contribution in [0.5, 0.6) is 0 Å². The minimum Gasteiger partial charge on any atom is -0.330 e. The molecule has 1 aromatic carbocycles. The SMILES string of the molecule is CCCCCCCCCC(OC(OCC)OCC)c1cccc(F)c1. The number of rotatable bonds is 15. The Kier molecular flexibility index (Phi) is 12.6. The molecule has 25 heavy (non-hydrogen) atoms. The van der Waals surface area contributed by atoms with Crippen LogP contribution in [0.4, 0.5) is 4.39 Å². The molecule has 144 valence electrons. The Balaban J connectivity index is 2.55. The molecule has 0 aromatic heterocycles. The summed E-state index contributed by atoms with van der Waals surface area (Å²) in [5.74, 6) is -0.241. The fourth-order valence-electron chi connectivity index (χ4n) is 2.84. The van der Waals surface area contributed by atoms with Gasteiger partial charge in [-0.05, 0) is 38.0 Å². The molecule has 1 aromatic rings. The van der Waals surface area contributed by atoms with Crippen LogP contribution in [0.15, 0.2) is 24.3 Å². The Morgan fingerprint density at radius 1 is 0.880 bits per heavy atom. The molecule has 3 nitrogen and oxygen atoms in total. The molecule has 0 heterocycles. The largest absolute Gasteiger partial charge is 0.330 e. The molecule has 0 N–H and O–H groups in total. The molecule has 1 atom stereocenters. The average molecular weight is 355 g/mol. The first kappa shape index (κ1) is 22.1. The highest BCUT2D eigenvalue weighted by Crippen LogP contribution is 2.27. The molecule has 0 aliphatic heterocycles. The summed E-state index contributed by atoms with van der Waals surface area (Å²) in [6, 6.07) is 6.63. The van der Waals surface area contributed by atoms with E-state index in [2.05, 4.69) is 6.92 Å². The van der Waals surface area contributed by atoms with Crippen molar-refractivity contribution in [2.75, 3.05) is 13.2 Å². The molecule has 4 heteroatoms. The van der Waals surface area contributed by atoms with E-state index >= 15 is 0 Å². The van der Waals surface area contributed by atoms with Gasteiger partial charge in [0.2, 0.25) is 0 Å². The van der Waals surface area contributed by atoms with E-state index in [1.54, 1.807) is 12.1 Å². The minimum atomic E-state index is -0.701. The lowest BCUT2D eigenvalue weighted by atomic mass is 10.0. The van der Waals surface area contributed by atoms with Crippen molar-refractivity contribution in [2.24, 2.45) is 0 Å². The lowest BCUT2D eigenvalue weighted by Gasteiger charge is -2.25. The maximum atomic E-state index is 13.6. The number of hydrogen-bond acceptors (Lipinski definition) is 3. The van der Waals surface area contributed by atoms with Gasteiger partial charge in [-0.15, -0.1) is 0 Å². The average Bonchev–Trinajstić information content (AvgIpc) is 2.60. The zero-order chi connectivity index (χ0) is 18.3. The van der Waals surface area contributed by atoms with Crippen molar-refractivity contribution < 1.29 is 18.6 Å². The number of benzene rings is 1. The van der Waals surface area contributed by atoms with Crippen LogP contribution in [0.2, 0.25) is 0 Å². The van der Waals surface area contributed by atoms with Gasteiger partial charge in [0, 0.05) is 13.2 Å². The van der Waals surface area contributed by atoms with Crippen molar-refractivity contribution in [2.45, 2.75) is 84.7 Å². The van der Waals surface area contributed by atoms with Gasteiger partial charge in [0.1, 0.15) is 5.82 Å². The molecule has 0 amide bonds. The van der Waals surface area contributed by atoms with Gasteiger partial charge in [-0.25, -0.2) is 4.39 Å². The van der Waals surface area contributed by atoms with E-state index in [0.29, 0.717) is 13.2 Å². The van der Waals surface area contributed by atoms with Crippen LogP contribution in [0.1, 0.15) is 83.8 Å². The summed E-state index contributed by atoms with van der Waals surface area (Å²) in [4.78, 5) is 0.